The van der Waals surface area contributed by atoms with Gasteiger partial charge in [-0.05, 0) is 37.5 Å². The first kappa shape index (κ1) is 16.3. The van der Waals surface area contributed by atoms with E-state index in [0.717, 1.165) is 47.8 Å². The van der Waals surface area contributed by atoms with Gasteiger partial charge in [-0.3, -0.25) is 0 Å². The molecular weight excluding hydrogens is 325 g/mol. The number of halogens is 3. The van der Waals surface area contributed by atoms with Crippen molar-refractivity contribution in [2.75, 3.05) is 11.9 Å². The van der Waals surface area contributed by atoms with Crippen molar-refractivity contribution in [1.29, 1.82) is 0 Å². The maximum absolute atomic E-state index is 12.8. The summed E-state index contributed by atoms with van der Waals surface area (Å²) in [5.74, 6) is 0. The Bertz CT molecular complexity index is 678. The van der Waals surface area contributed by atoms with Crippen LogP contribution in [0.25, 0.3) is 0 Å². The number of anilines is 1. The van der Waals surface area contributed by atoms with Gasteiger partial charge in [0.05, 0.1) is 17.8 Å². The smallest absolute Gasteiger partial charge is 0.379 e. The van der Waals surface area contributed by atoms with Gasteiger partial charge in [0.1, 0.15) is 11.1 Å². The third-order valence-electron chi connectivity index (χ3n) is 3.80. The number of ether oxygens (including phenoxy) is 1. The van der Waals surface area contributed by atoms with Gasteiger partial charge in [0.2, 0.25) is 0 Å². The Balaban J connectivity index is 1.68. The first-order valence-corrected chi connectivity index (χ1v) is 8.29. The van der Waals surface area contributed by atoms with Crippen LogP contribution in [0.4, 0.5) is 18.9 Å². The third-order valence-corrected chi connectivity index (χ3v) is 4.79. The van der Waals surface area contributed by atoms with Crippen LogP contribution in [0.5, 0.6) is 0 Å². The molecule has 1 aliphatic heterocycles. The minimum Gasteiger partial charge on any atom is -0.379 e. The fourth-order valence-electron chi connectivity index (χ4n) is 2.50. The molecule has 0 aliphatic carbocycles. The lowest BCUT2D eigenvalue weighted by Crippen LogP contribution is -2.08. The van der Waals surface area contributed by atoms with E-state index in [1.807, 2.05) is 5.38 Å². The molecule has 1 aromatic heterocycles. The van der Waals surface area contributed by atoms with Crippen LogP contribution in [0.15, 0.2) is 23.6 Å². The topological polar surface area (TPSA) is 34.1 Å². The van der Waals surface area contributed by atoms with Gasteiger partial charge in [-0.15, -0.1) is 11.3 Å². The molecule has 1 atom stereocenters. The van der Waals surface area contributed by atoms with Crippen LogP contribution in [-0.2, 0) is 17.5 Å². The van der Waals surface area contributed by atoms with Crippen molar-refractivity contribution in [3.63, 3.8) is 0 Å². The Morgan fingerprint density at radius 1 is 1.39 bits per heavy atom. The number of thiazole rings is 1. The molecule has 0 unspecified atom stereocenters. The molecule has 0 spiro atoms. The van der Waals surface area contributed by atoms with Crippen LogP contribution < -0.4 is 5.32 Å². The highest BCUT2D eigenvalue weighted by atomic mass is 32.1. The molecule has 1 N–H and O–H groups in total. The van der Waals surface area contributed by atoms with Crippen LogP contribution in [0.2, 0.25) is 0 Å². The number of nitrogens with zero attached hydrogens (tertiary/aromatic N) is 1. The first-order valence-electron chi connectivity index (χ1n) is 7.41. The van der Waals surface area contributed by atoms with E-state index in [1.165, 1.54) is 17.4 Å². The SMILES string of the molecule is Cc1ccc(C(F)(F)F)cc1NCc1csc([C@H]2CCCO2)n1. The van der Waals surface area contributed by atoms with E-state index in [4.69, 9.17) is 4.74 Å². The highest BCUT2D eigenvalue weighted by Crippen LogP contribution is 2.33. The summed E-state index contributed by atoms with van der Waals surface area (Å²) in [7, 11) is 0. The molecule has 1 aromatic carbocycles. The lowest BCUT2D eigenvalue weighted by molar-refractivity contribution is -0.137. The van der Waals surface area contributed by atoms with Crippen molar-refractivity contribution in [2.24, 2.45) is 0 Å². The number of alkyl halides is 3. The van der Waals surface area contributed by atoms with E-state index in [1.54, 1.807) is 6.92 Å². The summed E-state index contributed by atoms with van der Waals surface area (Å²) in [6, 6.07) is 3.71. The molecule has 0 radical (unpaired) electrons. The molecule has 7 heteroatoms. The standard InChI is InChI=1S/C16H17F3N2OS/c1-10-4-5-11(16(17,18)19)7-13(10)20-8-12-9-23-15(21-12)14-3-2-6-22-14/h4-5,7,9,14,20H,2-3,6,8H2,1H3/t14-/m1/s1. The minimum atomic E-state index is -4.34. The summed E-state index contributed by atoms with van der Waals surface area (Å²) >= 11 is 1.54. The van der Waals surface area contributed by atoms with Crippen LogP contribution in [0, 0.1) is 6.92 Å². The molecule has 2 heterocycles. The number of hydrogen-bond acceptors (Lipinski definition) is 4. The summed E-state index contributed by atoms with van der Waals surface area (Å²) in [4.78, 5) is 4.52. The number of hydrogen-bond donors (Lipinski definition) is 1. The van der Waals surface area contributed by atoms with Crippen molar-refractivity contribution in [2.45, 2.75) is 38.6 Å². The number of aromatic nitrogens is 1. The van der Waals surface area contributed by atoms with Crippen LogP contribution in [-0.4, -0.2) is 11.6 Å². The second-order valence-electron chi connectivity index (χ2n) is 5.56. The van der Waals surface area contributed by atoms with Gasteiger partial charge in [0.15, 0.2) is 0 Å². The van der Waals surface area contributed by atoms with E-state index in [0.29, 0.717) is 12.2 Å². The summed E-state index contributed by atoms with van der Waals surface area (Å²) in [5, 5.41) is 5.92. The van der Waals surface area contributed by atoms with E-state index < -0.39 is 11.7 Å². The first-order chi connectivity index (χ1) is 10.9. The minimum absolute atomic E-state index is 0.0732. The fourth-order valence-corrected chi connectivity index (χ4v) is 3.40. The number of benzene rings is 1. The molecule has 0 amide bonds. The summed E-state index contributed by atoms with van der Waals surface area (Å²) < 4.78 is 43.9. The predicted molar refractivity (Wildman–Crippen MR) is 83.5 cm³/mol. The Kier molecular flexibility index (Phi) is 4.59. The lowest BCUT2D eigenvalue weighted by Gasteiger charge is -2.12. The van der Waals surface area contributed by atoms with Crippen molar-refractivity contribution in [1.82, 2.24) is 4.98 Å². The maximum Gasteiger partial charge on any atom is 0.416 e. The second kappa shape index (κ2) is 6.49. The molecule has 1 fully saturated rings. The summed E-state index contributed by atoms with van der Waals surface area (Å²) in [6.07, 6.45) is -2.24. The molecule has 3 rings (SSSR count). The zero-order valence-electron chi connectivity index (χ0n) is 12.6. The average Bonchev–Trinajstić information content (AvgIpc) is 3.16. The molecule has 0 bridgehead atoms. The lowest BCUT2D eigenvalue weighted by atomic mass is 10.1. The van der Waals surface area contributed by atoms with Gasteiger partial charge in [0.25, 0.3) is 0 Å². The fraction of sp³-hybridized carbons (Fsp3) is 0.438. The largest absolute Gasteiger partial charge is 0.416 e. The Morgan fingerprint density at radius 2 is 2.22 bits per heavy atom. The van der Waals surface area contributed by atoms with Crippen molar-refractivity contribution < 1.29 is 17.9 Å². The Labute approximate surface area is 136 Å². The van der Waals surface area contributed by atoms with Gasteiger partial charge in [0, 0.05) is 17.7 Å². The molecule has 2 aromatic rings. The van der Waals surface area contributed by atoms with Crippen molar-refractivity contribution in [3.8, 4) is 0 Å². The van der Waals surface area contributed by atoms with Gasteiger partial charge >= 0.3 is 6.18 Å². The maximum atomic E-state index is 12.8. The predicted octanol–water partition coefficient (Wildman–Crippen LogP) is 4.93. The zero-order valence-corrected chi connectivity index (χ0v) is 13.4. The normalized spacial score (nSPS) is 18.3. The van der Waals surface area contributed by atoms with Gasteiger partial charge < -0.3 is 10.1 Å². The van der Waals surface area contributed by atoms with E-state index in [2.05, 4.69) is 10.3 Å². The molecule has 23 heavy (non-hydrogen) atoms. The highest BCUT2D eigenvalue weighted by molar-refractivity contribution is 7.09. The van der Waals surface area contributed by atoms with Crippen molar-refractivity contribution >= 4 is 17.0 Å². The van der Waals surface area contributed by atoms with Gasteiger partial charge in [-0.2, -0.15) is 13.2 Å². The molecule has 0 saturated carbocycles. The summed E-state index contributed by atoms with van der Waals surface area (Å²) in [6.45, 7) is 2.94. The Hall–Kier alpha value is -1.60. The van der Waals surface area contributed by atoms with Gasteiger partial charge in [-0.1, -0.05) is 6.07 Å². The highest BCUT2D eigenvalue weighted by Gasteiger charge is 2.30. The Morgan fingerprint density at radius 3 is 2.91 bits per heavy atom. The van der Waals surface area contributed by atoms with Crippen LogP contribution in [0.3, 0.4) is 0 Å². The monoisotopic (exact) mass is 342 g/mol. The number of nitrogens with one attached hydrogen (secondary N) is 1. The van der Waals surface area contributed by atoms with Gasteiger partial charge in [-0.25, -0.2) is 4.98 Å². The van der Waals surface area contributed by atoms with Crippen molar-refractivity contribution in [3.05, 3.63) is 45.4 Å². The van der Waals surface area contributed by atoms with E-state index in [9.17, 15) is 13.2 Å². The van der Waals surface area contributed by atoms with E-state index in [-0.39, 0.29) is 6.10 Å². The quantitative estimate of drug-likeness (QED) is 0.855. The number of aryl methyl sites for hydroxylation is 1. The summed E-state index contributed by atoms with van der Waals surface area (Å²) in [5.41, 5.74) is 1.42. The van der Waals surface area contributed by atoms with E-state index >= 15 is 0 Å². The molecule has 1 saturated heterocycles. The average molecular weight is 342 g/mol. The van der Waals surface area contributed by atoms with Crippen LogP contribution in [0.1, 0.15) is 40.8 Å². The molecule has 3 nitrogen and oxygen atoms in total. The third kappa shape index (κ3) is 3.84. The zero-order chi connectivity index (χ0) is 16.4. The molecule has 1 aliphatic rings. The molecule has 124 valence electrons. The second-order valence-corrected chi connectivity index (χ2v) is 6.45. The number of rotatable bonds is 4. The van der Waals surface area contributed by atoms with Crippen LogP contribution >= 0.6 is 11.3 Å². The molecular formula is C16H17F3N2OS.